The molecule has 1 saturated carbocycles. The van der Waals surface area contributed by atoms with Crippen molar-refractivity contribution in [3.05, 3.63) is 29.8 Å². The second-order valence-corrected chi connectivity index (χ2v) is 6.74. The molecule has 0 radical (unpaired) electrons. The Morgan fingerprint density at radius 1 is 1.25 bits per heavy atom. The lowest BCUT2D eigenvalue weighted by atomic mass is 9.77. The number of nitrogens with zero attached hydrogens (tertiary/aromatic N) is 1. The lowest BCUT2D eigenvalue weighted by Crippen LogP contribution is -2.49. The van der Waals surface area contributed by atoms with Gasteiger partial charge in [0.05, 0.1) is 13.7 Å². The molecule has 1 spiro atoms. The molecule has 1 aliphatic carbocycles. The lowest BCUT2D eigenvalue weighted by Gasteiger charge is -2.33. The number of rotatable bonds is 4. The number of amides is 3. The van der Waals surface area contributed by atoms with Crippen molar-refractivity contribution in [2.24, 2.45) is 5.92 Å². The topological polar surface area (TPSA) is 75.7 Å². The van der Waals surface area contributed by atoms with Crippen LogP contribution in [0.4, 0.5) is 4.79 Å². The molecule has 1 saturated heterocycles. The van der Waals surface area contributed by atoms with Crippen LogP contribution in [0.1, 0.15) is 43.0 Å². The normalized spacial score (nSPS) is 26.6. The summed E-state index contributed by atoms with van der Waals surface area (Å²) in [4.78, 5) is 38.4. The van der Waals surface area contributed by atoms with E-state index in [9.17, 15) is 14.4 Å². The first-order chi connectivity index (χ1) is 11.4. The third-order valence-corrected chi connectivity index (χ3v) is 5.09. The number of imide groups is 1. The van der Waals surface area contributed by atoms with E-state index in [1.54, 1.807) is 31.4 Å². The van der Waals surface area contributed by atoms with Crippen LogP contribution < -0.4 is 10.1 Å². The summed E-state index contributed by atoms with van der Waals surface area (Å²) >= 11 is 0. The van der Waals surface area contributed by atoms with Gasteiger partial charge in [0.1, 0.15) is 11.3 Å². The van der Waals surface area contributed by atoms with Crippen LogP contribution in [0.5, 0.6) is 5.75 Å². The molecule has 0 unspecified atom stereocenters. The first-order valence-corrected chi connectivity index (χ1v) is 8.26. The van der Waals surface area contributed by atoms with Crippen LogP contribution in [0.3, 0.4) is 0 Å². The van der Waals surface area contributed by atoms with E-state index in [4.69, 9.17) is 4.74 Å². The molecule has 6 nitrogen and oxygen atoms in total. The number of benzene rings is 1. The molecule has 24 heavy (non-hydrogen) atoms. The second-order valence-electron chi connectivity index (χ2n) is 6.74. The molecule has 3 rings (SSSR count). The fourth-order valence-electron chi connectivity index (χ4n) is 3.43. The molecular weight excluding hydrogens is 308 g/mol. The van der Waals surface area contributed by atoms with Crippen LogP contribution in [0, 0.1) is 5.92 Å². The van der Waals surface area contributed by atoms with Gasteiger partial charge < -0.3 is 10.1 Å². The molecule has 0 bridgehead atoms. The summed E-state index contributed by atoms with van der Waals surface area (Å²) in [5.41, 5.74) is -0.348. The maximum absolute atomic E-state index is 12.7. The molecule has 0 aromatic heterocycles. The van der Waals surface area contributed by atoms with E-state index in [0.717, 1.165) is 17.7 Å². The molecule has 6 heteroatoms. The van der Waals surface area contributed by atoms with Crippen molar-refractivity contribution < 1.29 is 19.1 Å². The number of nitrogens with one attached hydrogen (secondary N) is 1. The van der Waals surface area contributed by atoms with Crippen LogP contribution in [-0.2, 0) is 4.79 Å². The van der Waals surface area contributed by atoms with Crippen molar-refractivity contribution in [3.8, 4) is 5.75 Å². The van der Waals surface area contributed by atoms with Crippen molar-refractivity contribution >= 4 is 17.7 Å². The standard InChI is InChI=1S/C18H22N2O4/c1-12-7-9-18(10-8-12)16(22)20(17(23)19-18)11-15(21)13-3-5-14(24-2)6-4-13/h3-6,12H,7-11H2,1-2H3,(H,19,23). The lowest BCUT2D eigenvalue weighted by molar-refractivity contribution is -0.132. The number of carbonyl (C=O) groups is 3. The first kappa shape index (κ1) is 16.5. The molecule has 1 heterocycles. The third-order valence-electron chi connectivity index (χ3n) is 5.09. The number of urea groups is 1. The van der Waals surface area contributed by atoms with Crippen LogP contribution in [0.2, 0.25) is 0 Å². The minimum Gasteiger partial charge on any atom is -0.497 e. The number of Topliss-reactive ketones (excluding diaryl/α,β-unsaturated/α-hetero) is 1. The molecule has 2 aliphatic rings. The second kappa shape index (κ2) is 6.26. The average molecular weight is 330 g/mol. The summed E-state index contributed by atoms with van der Waals surface area (Å²) in [5, 5.41) is 2.83. The Labute approximate surface area is 141 Å². The van der Waals surface area contributed by atoms with Gasteiger partial charge in [-0.05, 0) is 55.9 Å². The van der Waals surface area contributed by atoms with Gasteiger partial charge in [0.25, 0.3) is 5.91 Å². The van der Waals surface area contributed by atoms with E-state index in [1.165, 1.54) is 0 Å². The van der Waals surface area contributed by atoms with Gasteiger partial charge in [0.15, 0.2) is 5.78 Å². The van der Waals surface area contributed by atoms with Crippen LogP contribution in [-0.4, -0.2) is 41.8 Å². The number of ketones is 1. The average Bonchev–Trinajstić information content (AvgIpc) is 2.82. The van der Waals surface area contributed by atoms with Gasteiger partial charge in [-0.3, -0.25) is 14.5 Å². The summed E-state index contributed by atoms with van der Waals surface area (Å²) in [6, 6.07) is 6.18. The zero-order chi connectivity index (χ0) is 17.3. The van der Waals surface area contributed by atoms with E-state index in [1.807, 2.05) is 0 Å². The smallest absolute Gasteiger partial charge is 0.325 e. The Kier molecular flexibility index (Phi) is 4.30. The summed E-state index contributed by atoms with van der Waals surface area (Å²) in [6.07, 6.45) is 3.11. The van der Waals surface area contributed by atoms with Gasteiger partial charge in [-0.25, -0.2) is 4.79 Å². The van der Waals surface area contributed by atoms with E-state index in [0.29, 0.717) is 30.1 Å². The van der Waals surface area contributed by atoms with Gasteiger partial charge in [0.2, 0.25) is 0 Å². The molecule has 1 N–H and O–H groups in total. The highest BCUT2D eigenvalue weighted by Crippen LogP contribution is 2.36. The summed E-state index contributed by atoms with van der Waals surface area (Å²) < 4.78 is 5.06. The molecule has 2 fully saturated rings. The Balaban J connectivity index is 1.71. The quantitative estimate of drug-likeness (QED) is 0.679. The highest BCUT2D eigenvalue weighted by molar-refractivity contribution is 6.11. The maximum Gasteiger partial charge on any atom is 0.325 e. The molecule has 0 atom stereocenters. The number of hydrogen-bond donors (Lipinski definition) is 1. The Hall–Kier alpha value is -2.37. The monoisotopic (exact) mass is 330 g/mol. The summed E-state index contributed by atoms with van der Waals surface area (Å²) in [7, 11) is 1.55. The van der Waals surface area contributed by atoms with E-state index >= 15 is 0 Å². The van der Waals surface area contributed by atoms with Crippen LogP contribution >= 0.6 is 0 Å². The number of carbonyl (C=O) groups excluding carboxylic acids is 3. The van der Waals surface area contributed by atoms with E-state index in [-0.39, 0.29) is 18.2 Å². The van der Waals surface area contributed by atoms with Gasteiger partial charge in [-0.2, -0.15) is 0 Å². The highest BCUT2D eigenvalue weighted by Gasteiger charge is 2.52. The summed E-state index contributed by atoms with van der Waals surface area (Å²) in [6.45, 7) is 1.92. The third kappa shape index (κ3) is 2.88. The molecule has 128 valence electrons. The Bertz CT molecular complexity index is 660. The van der Waals surface area contributed by atoms with Gasteiger partial charge >= 0.3 is 6.03 Å². The molecule has 1 aliphatic heterocycles. The van der Waals surface area contributed by atoms with E-state index < -0.39 is 11.6 Å². The first-order valence-electron chi connectivity index (χ1n) is 8.26. The number of methoxy groups -OCH3 is 1. The zero-order valence-corrected chi connectivity index (χ0v) is 14.0. The van der Waals surface area contributed by atoms with Crippen molar-refractivity contribution in [1.82, 2.24) is 10.2 Å². The fraction of sp³-hybridized carbons (Fsp3) is 0.500. The molecule has 3 amide bonds. The Morgan fingerprint density at radius 3 is 2.46 bits per heavy atom. The summed E-state index contributed by atoms with van der Waals surface area (Å²) in [5.74, 6) is 0.691. The van der Waals surface area contributed by atoms with Gasteiger partial charge in [-0.15, -0.1) is 0 Å². The maximum atomic E-state index is 12.7. The van der Waals surface area contributed by atoms with Crippen molar-refractivity contribution in [2.45, 2.75) is 38.1 Å². The van der Waals surface area contributed by atoms with Crippen molar-refractivity contribution in [3.63, 3.8) is 0 Å². The number of ether oxygens (including phenoxy) is 1. The number of hydrogen-bond acceptors (Lipinski definition) is 4. The predicted octanol–water partition coefficient (Wildman–Crippen LogP) is 2.38. The molecule has 1 aromatic rings. The SMILES string of the molecule is COc1ccc(C(=O)CN2C(=O)NC3(CCC(C)CC3)C2=O)cc1. The fourth-order valence-corrected chi connectivity index (χ4v) is 3.43. The minimum absolute atomic E-state index is 0.228. The minimum atomic E-state index is -0.802. The highest BCUT2D eigenvalue weighted by atomic mass is 16.5. The van der Waals surface area contributed by atoms with Crippen molar-refractivity contribution in [2.75, 3.05) is 13.7 Å². The predicted molar refractivity (Wildman–Crippen MR) is 87.9 cm³/mol. The zero-order valence-electron chi connectivity index (χ0n) is 14.0. The van der Waals surface area contributed by atoms with Gasteiger partial charge in [-0.1, -0.05) is 6.92 Å². The largest absolute Gasteiger partial charge is 0.497 e. The van der Waals surface area contributed by atoms with Gasteiger partial charge in [0, 0.05) is 5.56 Å². The molecule has 1 aromatic carbocycles. The van der Waals surface area contributed by atoms with Crippen LogP contribution in [0.15, 0.2) is 24.3 Å². The van der Waals surface area contributed by atoms with Crippen LogP contribution in [0.25, 0.3) is 0 Å². The Morgan fingerprint density at radius 2 is 1.88 bits per heavy atom. The van der Waals surface area contributed by atoms with E-state index in [2.05, 4.69) is 12.2 Å². The molecular formula is C18H22N2O4. The van der Waals surface area contributed by atoms with Crippen molar-refractivity contribution in [1.29, 1.82) is 0 Å².